The fourth-order valence-corrected chi connectivity index (χ4v) is 4.08. The smallest absolute Gasteiger partial charge is 0.292 e. The maximum Gasteiger partial charge on any atom is 0.292 e. The molecule has 0 saturated carbocycles. The molecule has 4 rings (SSSR count). The fourth-order valence-electron chi connectivity index (χ4n) is 4.08. The van der Waals surface area contributed by atoms with Gasteiger partial charge in [-0.15, -0.1) is 0 Å². The van der Waals surface area contributed by atoms with E-state index in [1.165, 1.54) is 25.4 Å². The minimum atomic E-state index is -0.467. The summed E-state index contributed by atoms with van der Waals surface area (Å²) >= 11 is 0. The number of furan rings is 1. The number of amides is 3. The second kappa shape index (κ2) is 8.19. The van der Waals surface area contributed by atoms with Gasteiger partial charge in [0, 0.05) is 6.07 Å². The van der Waals surface area contributed by atoms with Crippen LogP contribution >= 0.6 is 0 Å². The second-order valence-electron chi connectivity index (χ2n) is 7.29. The number of nitrogens with one attached hydrogen (secondary N) is 1. The summed E-state index contributed by atoms with van der Waals surface area (Å²) in [7, 11) is 3.03. The molecule has 1 atom stereocenters. The van der Waals surface area contributed by atoms with Crippen molar-refractivity contribution in [3.8, 4) is 11.5 Å². The Labute approximate surface area is 173 Å². The lowest BCUT2D eigenvalue weighted by Gasteiger charge is -2.34. The van der Waals surface area contributed by atoms with Crippen molar-refractivity contribution in [2.75, 3.05) is 45.3 Å². The fraction of sp³-hybridized carbons (Fsp3) is 0.381. The summed E-state index contributed by atoms with van der Waals surface area (Å²) in [5.41, 5.74) is 0.418. The summed E-state index contributed by atoms with van der Waals surface area (Å²) in [5.74, 6) is 0.634. The molecule has 2 aliphatic rings. The van der Waals surface area contributed by atoms with Gasteiger partial charge in [0.25, 0.3) is 11.8 Å². The molecule has 2 aromatic rings. The van der Waals surface area contributed by atoms with Crippen molar-refractivity contribution in [1.82, 2.24) is 4.90 Å². The molecule has 0 spiro atoms. The lowest BCUT2D eigenvalue weighted by molar-refractivity contribution is -0.918. The predicted octanol–water partition coefficient (Wildman–Crippen LogP) is -0.0304. The Hall–Kier alpha value is -3.33. The summed E-state index contributed by atoms with van der Waals surface area (Å²) in [6.45, 7) is 2.17. The first-order valence-corrected chi connectivity index (χ1v) is 9.79. The highest BCUT2D eigenvalue weighted by atomic mass is 16.5. The van der Waals surface area contributed by atoms with Crippen molar-refractivity contribution in [3.05, 3.63) is 42.4 Å². The van der Waals surface area contributed by atoms with Crippen LogP contribution in [0.3, 0.4) is 0 Å². The number of imide groups is 1. The number of quaternary nitrogens is 1. The number of ether oxygens (including phenoxy) is 2. The largest absolute Gasteiger partial charge is 0.497 e. The molecular weight excluding hydrogens is 390 g/mol. The van der Waals surface area contributed by atoms with Crippen molar-refractivity contribution in [2.45, 2.75) is 12.5 Å². The minimum absolute atomic E-state index is 0.134. The van der Waals surface area contributed by atoms with E-state index in [-0.39, 0.29) is 24.1 Å². The lowest BCUT2D eigenvalue weighted by Crippen LogP contribution is -3.19. The van der Waals surface area contributed by atoms with Crippen LogP contribution in [0.15, 0.2) is 41.0 Å². The number of piperazine rings is 1. The van der Waals surface area contributed by atoms with Gasteiger partial charge in [-0.3, -0.25) is 14.4 Å². The van der Waals surface area contributed by atoms with E-state index in [0.29, 0.717) is 49.1 Å². The predicted molar refractivity (Wildman–Crippen MR) is 106 cm³/mol. The number of rotatable bonds is 5. The van der Waals surface area contributed by atoms with Gasteiger partial charge in [0.1, 0.15) is 11.5 Å². The van der Waals surface area contributed by atoms with Crippen LogP contribution in [0, 0.1) is 0 Å². The molecule has 158 valence electrons. The molecule has 2 aliphatic heterocycles. The van der Waals surface area contributed by atoms with Gasteiger partial charge in [-0.05, 0) is 24.3 Å². The topological polar surface area (TPSA) is 93.7 Å². The Bertz CT molecular complexity index is 950. The molecule has 1 aromatic carbocycles. The van der Waals surface area contributed by atoms with Gasteiger partial charge >= 0.3 is 0 Å². The molecule has 9 heteroatoms. The van der Waals surface area contributed by atoms with E-state index in [0.717, 1.165) is 4.90 Å². The number of anilines is 1. The number of carbonyl (C=O) groups is 3. The molecule has 3 heterocycles. The summed E-state index contributed by atoms with van der Waals surface area (Å²) in [6, 6.07) is 7.85. The zero-order chi connectivity index (χ0) is 21.3. The van der Waals surface area contributed by atoms with E-state index in [9.17, 15) is 14.4 Å². The Morgan fingerprint density at radius 3 is 2.53 bits per heavy atom. The molecule has 0 aliphatic carbocycles. The zero-order valence-electron chi connectivity index (χ0n) is 16.9. The Morgan fingerprint density at radius 1 is 1.13 bits per heavy atom. The molecule has 2 fully saturated rings. The summed E-state index contributed by atoms with van der Waals surface area (Å²) < 4.78 is 15.7. The van der Waals surface area contributed by atoms with Crippen LogP contribution in [0.4, 0.5) is 5.69 Å². The monoisotopic (exact) mass is 414 g/mol. The standard InChI is InChI=1S/C21H23N3O6/c1-28-14-5-6-15(18(12-14)29-2)24-19(25)13-16(20(24)26)22-7-9-23(10-8-22)21(27)17-4-3-11-30-17/h3-6,11-12,16H,7-10,13H2,1-2H3/p+1/t16-/m0/s1. The first kappa shape index (κ1) is 20.0. The molecular formula is C21H24N3O6+. The van der Waals surface area contributed by atoms with Crippen LogP contribution in [0.1, 0.15) is 17.0 Å². The number of hydrogen-bond donors (Lipinski definition) is 1. The Morgan fingerprint density at radius 2 is 1.90 bits per heavy atom. The number of methoxy groups -OCH3 is 2. The van der Waals surface area contributed by atoms with Gasteiger partial charge in [0.2, 0.25) is 5.91 Å². The number of carbonyl (C=O) groups excluding carboxylic acids is 3. The lowest BCUT2D eigenvalue weighted by atomic mass is 10.1. The van der Waals surface area contributed by atoms with E-state index < -0.39 is 6.04 Å². The van der Waals surface area contributed by atoms with Crippen LogP contribution in [0.5, 0.6) is 11.5 Å². The molecule has 0 radical (unpaired) electrons. The van der Waals surface area contributed by atoms with E-state index in [2.05, 4.69) is 0 Å². The van der Waals surface area contributed by atoms with E-state index >= 15 is 0 Å². The number of benzene rings is 1. The van der Waals surface area contributed by atoms with Crippen molar-refractivity contribution in [3.63, 3.8) is 0 Å². The van der Waals surface area contributed by atoms with Crippen LogP contribution in [0.2, 0.25) is 0 Å². The highest BCUT2D eigenvalue weighted by Crippen LogP contribution is 2.34. The van der Waals surface area contributed by atoms with Crippen LogP contribution in [-0.4, -0.2) is 69.1 Å². The first-order valence-electron chi connectivity index (χ1n) is 9.79. The van der Waals surface area contributed by atoms with Gasteiger partial charge in [0.05, 0.1) is 58.8 Å². The number of hydrogen-bond acceptors (Lipinski definition) is 6. The molecule has 30 heavy (non-hydrogen) atoms. The van der Waals surface area contributed by atoms with Crippen molar-refractivity contribution in [2.24, 2.45) is 0 Å². The molecule has 0 bridgehead atoms. The van der Waals surface area contributed by atoms with Crippen LogP contribution < -0.4 is 19.3 Å². The normalized spacial score (nSPS) is 20.0. The van der Waals surface area contributed by atoms with E-state index in [4.69, 9.17) is 13.9 Å². The van der Waals surface area contributed by atoms with E-state index in [1.54, 1.807) is 35.2 Å². The van der Waals surface area contributed by atoms with Gasteiger partial charge in [-0.1, -0.05) is 0 Å². The highest BCUT2D eigenvalue weighted by molar-refractivity contribution is 6.22. The summed E-state index contributed by atoms with van der Waals surface area (Å²) in [6.07, 6.45) is 1.61. The number of nitrogens with zero attached hydrogens (tertiary/aromatic N) is 2. The molecule has 3 amide bonds. The molecule has 0 unspecified atom stereocenters. The van der Waals surface area contributed by atoms with Crippen molar-refractivity contribution < 1.29 is 33.2 Å². The van der Waals surface area contributed by atoms with Crippen LogP contribution in [-0.2, 0) is 9.59 Å². The molecule has 1 aromatic heterocycles. The van der Waals surface area contributed by atoms with Crippen LogP contribution in [0.25, 0.3) is 0 Å². The summed E-state index contributed by atoms with van der Waals surface area (Å²) in [5, 5.41) is 0. The summed E-state index contributed by atoms with van der Waals surface area (Å²) in [4.78, 5) is 42.2. The molecule has 1 N–H and O–H groups in total. The quantitative estimate of drug-likeness (QED) is 0.691. The van der Waals surface area contributed by atoms with Crippen molar-refractivity contribution in [1.29, 1.82) is 0 Å². The first-order chi connectivity index (χ1) is 14.5. The zero-order valence-corrected chi connectivity index (χ0v) is 16.9. The maximum atomic E-state index is 13.1. The Kier molecular flexibility index (Phi) is 5.45. The average Bonchev–Trinajstić information content (AvgIpc) is 3.41. The van der Waals surface area contributed by atoms with Gasteiger partial charge < -0.3 is 23.7 Å². The maximum absolute atomic E-state index is 13.1. The minimum Gasteiger partial charge on any atom is -0.497 e. The highest BCUT2D eigenvalue weighted by Gasteiger charge is 2.47. The average molecular weight is 414 g/mol. The van der Waals surface area contributed by atoms with E-state index in [1.807, 2.05) is 0 Å². The second-order valence-corrected chi connectivity index (χ2v) is 7.29. The van der Waals surface area contributed by atoms with Gasteiger partial charge in [-0.25, -0.2) is 4.90 Å². The third kappa shape index (κ3) is 3.52. The SMILES string of the molecule is COc1ccc(N2C(=O)C[C@H]([NH+]3CCN(C(=O)c4ccco4)CC3)C2=O)c(OC)c1. The Balaban J connectivity index is 1.46. The van der Waals surface area contributed by atoms with Gasteiger partial charge in [0.15, 0.2) is 11.8 Å². The molecule has 9 nitrogen and oxygen atoms in total. The van der Waals surface area contributed by atoms with Crippen molar-refractivity contribution >= 4 is 23.4 Å². The van der Waals surface area contributed by atoms with Gasteiger partial charge in [-0.2, -0.15) is 0 Å². The molecule has 2 saturated heterocycles. The third-order valence-corrected chi connectivity index (χ3v) is 5.69. The third-order valence-electron chi connectivity index (χ3n) is 5.69.